The minimum Gasteiger partial charge on any atom is -0.507 e. The highest BCUT2D eigenvalue weighted by Crippen LogP contribution is 2.31. The molecule has 2 aromatic carbocycles. The van der Waals surface area contributed by atoms with Gasteiger partial charge >= 0.3 is 0 Å². The summed E-state index contributed by atoms with van der Waals surface area (Å²) in [7, 11) is 1.59. The number of carbonyl (C=O) groups excluding carboxylic acids is 1. The minimum absolute atomic E-state index is 0.0535. The zero-order valence-electron chi connectivity index (χ0n) is 13.5. The number of ether oxygens (including phenoxy) is 1. The Bertz CT molecular complexity index is 983. The number of nitrogens with one attached hydrogen (secondary N) is 1. The maximum absolute atomic E-state index is 12.9. The van der Waals surface area contributed by atoms with Crippen molar-refractivity contribution < 1.29 is 14.6 Å². The van der Waals surface area contributed by atoms with Gasteiger partial charge in [-0.1, -0.05) is 22.0 Å². The SMILES string of the molecule is COCc1n[nH]c2cc(O)c(C(=O)N3Cc4ccc(Br)cc4C3)cc12. The van der Waals surface area contributed by atoms with Crippen molar-refractivity contribution in [3.63, 3.8) is 0 Å². The molecule has 1 aromatic heterocycles. The lowest BCUT2D eigenvalue weighted by atomic mass is 10.1. The van der Waals surface area contributed by atoms with E-state index in [1.54, 1.807) is 18.1 Å². The molecular weight excluding hydrogens is 386 g/mol. The van der Waals surface area contributed by atoms with Gasteiger partial charge in [-0.05, 0) is 29.3 Å². The van der Waals surface area contributed by atoms with Gasteiger partial charge in [-0.25, -0.2) is 0 Å². The van der Waals surface area contributed by atoms with Gasteiger partial charge in [0.15, 0.2) is 0 Å². The van der Waals surface area contributed by atoms with E-state index in [-0.39, 0.29) is 17.2 Å². The molecule has 0 saturated heterocycles. The number of methoxy groups -OCH3 is 1. The highest BCUT2D eigenvalue weighted by atomic mass is 79.9. The van der Waals surface area contributed by atoms with Crippen molar-refractivity contribution in [3.8, 4) is 5.75 Å². The molecule has 0 fully saturated rings. The van der Waals surface area contributed by atoms with E-state index in [0.29, 0.717) is 30.9 Å². The van der Waals surface area contributed by atoms with Crippen molar-refractivity contribution in [2.75, 3.05) is 7.11 Å². The van der Waals surface area contributed by atoms with Crippen molar-refractivity contribution in [1.29, 1.82) is 0 Å². The highest BCUT2D eigenvalue weighted by molar-refractivity contribution is 9.10. The Hall–Kier alpha value is -2.38. The summed E-state index contributed by atoms with van der Waals surface area (Å²) < 4.78 is 6.13. The number of rotatable bonds is 3. The first-order chi connectivity index (χ1) is 12.1. The second-order valence-electron chi connectivity index (χ2n) is 6.09. The van der Waals surface area contributed by atoms with Crippen molar-refractivity contribution in [2.24, 2.45) is 0 Å². The topological polar surface area (TPSA) is 78.5 Å². The number of aromatic nitrogens is 2. The van der Waals surface area contributed by atoms with Gasteiger partial charge in [-0.2, -0.15) is 5.10 Å². The molecule has 1 aliphatic heterocycles. The maximum atomic E-state index is 12.9. The van der Waals surface area contributed by atoms with Crippen LogP contribution in [0.5, 0.6) is 5.75 Å². The molecule has 7 heteroatoms. The van der Waals surface area contributed by atoms with Crippen LogP contribution in [0.3, 0.4) is 0 Å². The van der Waals surface area contributed by atoms with Crippen molar-refractivity contribution in [2.45, 2.75) is 19.7 Å². The number of fused-ring (bicyclic) bond motifs is 2. The van der Waals surface area contributed by atoms with Gasteiger partial charge in [0.1, 0.15) is 5.75 Å². The number of halogens is 1. The number of H-pyrrole nitrogens is 1. The molecular formula is C18H16BrN3O3. The number of phenolic OH excluding ortho intramolecular Hbond substituents is 1. The van der Waals surface area contributed by atoms with E-state index in [1.165, 1.54) is 6.07 Å². The summed E-state index contributed by atoms with van der Waals surface area (Å²) in [6, 6.07) is 9.23. The van der Waals surface area contributed by atoms with Crippen LogP contribution in [0.2, 0.25) is 0 Å². The second-order valence-corrected chi connectivity index (χ2v) is 7.01. The molecule has 2 heterocycles. The van der Waals surface area contributed by atoms with Gasteiger partial charge in [0.2, 0.25) is 0 Å². The Balaban J connectivity index is 1.68. The monoisotopic (exact) mass is 401 g/mol. The lowest BCUT2D eigenvalue weighted by Crippen LogP contribution is -2.25. The number of amides is 1. The van der Waals surface area contributed by atoms with E-state index in [4.69, 9.17) is 4.74 Å². The van der Waals surface area contributed by atoms with Gasteiger partial charge in [-0.3, -0.25) is 9.89 Å². The Kier molecular flexibility index (Phi) is 3.97. The third kappa shape index (κ3) is 2.79. The molecule has 0 saturated carbocycles. The molecule has 3 aromatic rings. The number of phenols is 1. The molecule has 2 N–H and O–H groups in total. The second kappa shape index (κ2) is 6.16. The van der Waals surface area contributed by atoms with Crippen LogP contribution in [0.4, 0.5) is 0 Å². The average Bonchev–Trinajstić information content (AvgIpc) is 3.17. The van der Waals surface area contributed by atoms with Crippen LogP contribution in [0.1, 0.15) is 27.2 Å². The van der Waals surface area contributed by atoms with E-state index in [1.807, 2.05) is 18.2 Å². The fourth-order valence-electron chi connectivity index (χ4n) is 3.20. The zero-order valence-corrected chi connectivity index (χ0v) is 15.1. The molecule has 0 aliphatic carbocycles. The summed E-state index contributed by atoms with van der Waals surface area (Å²) in [6.07, 6.45) is 0. The van der Waals surface area contributed by atoms with Gasteiger partial charge in [0, 0.05) is 36.1 Å². The first-order valence-electron chi connectivity index (χ1n) is 7.82. The minimum atomic E-state index is -0.198. The van der Waals surface area contributed by atoms with Gasteiger partial charge in [-0.15, -0.1) is 0 Å². The third-order valence-electron chi connectivity index (χ3n) is 4.45. The fraction of sp³-hybridized carbons (Fsp3) is 0.222. The van der Waals surface area contributed by atoms with Crippen molar-refractivity contribution in [1.82, 2.24) is 15.1 Å². The molecule has 25 heavy (non-hydrogen) atoms. The number of hydrogen-bond acceptors (Lipinski definition) is 4. The Morgan fingerprint density at radius 2 is 2.12 bits per heavy atom. The van der Waals surface area contributed by atoms with Crippen LogP contribution in [0.25, 0.3) is 10.9 Å². The number of benzene rings is 2. The van der Waals surface area contributed by atoms with Crippen LogP contribution in [0.15, 0.2) is 34.8 Å². The predicted octanol–water partition coefficient (Wildman–Crippen LogP) is 3.33. The standard InChI is InChI=1S/C18H16BrN3O3/c1-25-9-16-13-5-14(17(23)6-15(13)20-21-16)18(24)22-7-10-2-3-12(19)4-11(10)8-22/h2-6,23H,7-9H2,1H3,(H,20,21). The van der Waals surface area contributed by atoms with Crippen molar-refractivity contribution >= 4 is 32.7 Å². The number of hydrogen-bond donors (Lipinski definition) is 2. The van der Waals surface area contributed by atoms with E-state index >= 15 is 0 Å². The predicted molar refractivity (Wildman–Crippen MR) is 96.2 cm³/mol. The van der Waals surface area contributed by atoms with Crippen LogP contribution in [-0.2, 0) is 24.4 Å². The molecule has 0 atom stereocenters. The summed E-state index contributed by atoms with van der Waals surface area (Å²) in [5, 5.41) is 18.1. The number of nitrogens with zero attached hydrogens (tertiary/aromatic N) is 2. The Morgan fingerprint density at radius 3 is 2.92 bits per heavy atom. The maximum Gasteiger partial charge on any atom is 0.258 e. The Morgan fingerprint density at radius 1 is 1.32 bits per heavy atom. The van der Waals surface area contributed by atoms with Crippen LogP contribution in [0, 0.1) is 0 Å². The number of aromatic amines is 1. The quantitative estimate of drug-likeness (QED) is 0.705. The van der Waals surface area contributed by atoms with Crippen molar-refractivity contribution in [3.05, 3.63) is 57.2 Å². The molecule has 4 rings (SSSR count). The van der Waals surface area contributed by atoms with Crippen LogP contribution >= 0.6 is 15.9 Å². The molecule has 1 aliphatic rings. The van der Waals surface area contributed by atoms with Crippen LogP contribution < -0.4 is 0 Å². The third-order valence-corrected chi connectivity index (χ3v) is 4.94. The van der Waals surface area contributed by atoms with Gasteiger partial charge in [0.05, 0.1) is 23.4 Å². The highest BCUT2D eigenvalue weighted by Gasteiger charge is 2.26. The van der Waals surface area contributed by atoms with Gasteiger partial charge in [0.25, 0.3) is 5.91 Å². The number of aromatic hydroxyl groups is 1. The normalized spacial score (nSPS) is 13.4. The van der Waals surface area contributed by atoms with Gasteiger partial charge < -0.3 is 14.7 Å². The largest absolute Gasteiger partial charge is 0.507 e. The smallest absolute Gasteiger partial charge is 0.258 e. The van der Waals surface area contributed by atoms with E-state index in [9.17, 15) is 9.90 Å². The zero-order chi connectivity index (χ0) is 17.6. The molecule has 128 valence electrons. The summed E-state index contributed by atoms with van der Waals surface area (Å²) >= 11 is 3.46. The Labute approximate surface area is 152 Å². The molecule has 1 amide bonds. The first-order valence-corrected chi connectivity index (χ1v) is 8.61. The van der Waals surface area contributed by atoms with E-state index < -0.39 is 0 Å². The summed E-state index contributed by atoms with van der Waals surface area (Å²) in [5.41, 5.74) is 3.90. The lowest BCUT2D eigenvalue weighted by Gasteiger charge is -2.16. The molecule has 6 nitrogen and oxygen atoms in total. The fourth-order valence-corrected chi connectivity index (χ4v) is 3.61. The summed E-state index contributed by atoms with van der Waals surface area (Å²) in [5.74, 6) is -0.251. The molecule has 0 radical (unpaired) electrons. The summed E-state index contributed by atoms with van der Waals surface area (Å²) in [6.45, 7) is 1.40. The average molecular weight is 402 g/mol. The summed E-state index contributed by atoms with van der Waals surface area (Å²) in [4.78, 5) is 14.7. The van der Waals surface area contributed by atoms with E-state index in [2.05, 4.69) is 26.1 Å². The number of carbonyl (C=O) groups is 1. The molecule has 0 bridgehead atoms. The molecule has 0 unspecified atom stereocenters. The first kappa shape index (κ1) is 16.1. The lowest BCUT2D eigenvalue weighted by molar-refractivity contribution is 0.0748. The van der Waals surface area contributed by atoms with E-state index in [0.717, 1.165) is 21.0 Å². The molecule has 0 spiro atoms. The van der Waals surface area contributed by atoms with Crippen LogP contribution in [-0.4, -0.2) is 33.2 Å².